The summed E-state index contributed by atoms with van der Waals surface area (Å²) in [5.74, 6) is 1.52. The summed E-state index contributed by atoms with van der Waals surface area (Å²) in [5, 5.41) is -0.291. The van der Waals surface area contributed by atoms with E-state index in [9.17, 15) is 0 Å². The maximum Gasteiger partial charge on any atom is 0.124 e. The van der Waals surface area contributed by atoms with Crippen molar-refractivity contribution in [3.05, 3.63) is 58.7 Å². The van der Waals surface area contributed by atoms with Crippen molar-refractivity contribution in [2.75, 3.05) is 14.2 Å². The third-order valence-corrected chi connectivity index (χ3v) is 4.24. The van der Waals surface area contributed by atoms with Gasteiger partial charge in [-0.05, 0) is 34.9 Å². The van der Waals surface area contributed by atoms with Gasteiger partial charge in [0.25, 0.3) is 0 Å². The van der Waals surface area contributed by atoms with Gasteiger partial charge in [-0.1, -0.05) is 18.2 Å². The Labute approximate surface area is 129 Å². The predicted octanol–water partition coefficient (Wildman–Crippen LogP) is 4.06. The quantitative estimate of drug-likeness (QED) is 0.797. The minimum Gasteiger partial charge on any atom is -0.497 e. The molecule has 0 radical (unpaired) electrons. The lowest BCUT2D eigenvalue weighted by Crippen LogP contribution is -1.99. The number of benzene rings is 2. The summed E-state index contributed by atoms with van der Waals surface area (Å²) in [6.07, 6.45) is 0. The van der Waals surface area contributed by atoms with E-state index in [1.54, 1.807) is 14.2 Å². The zero-order valence-corrected chi connectivity index (χ0v) is 12.8. The molecule has 1 aliphatic rings. The smallest absolute Gasteiger partial charge is 0.124 e. The highest BCUT2D eigenvalue weighted by Gasteiger charge is 2.19. The molecular weight excluding hydrogens is 288 g/mol. The molecule has 1 atom stereocenters. The third kappa shape index (κ3) is 2.71. The molecule has 3 rings (SSSR count). The van der Waals surface area contributed by atoms with Crippen LogP contribution in [-0.4, -0.2) is 14.2 Å². The van der Waals surface area contributed by atoms with Gasteiger partial charge in [0.1, 0.15) is 11.5 Å². The first-order chi connectivity index (χ1) is 10.2. The predicted molar refractivity (Wildman–Crippen MR) is 82.2 cm³/mol. The van der Waals surface area contributed by atoms with Crippen LogP contribution in [0.3, 0.4) is 0 Å². The molecule has 0 bridgehead atoms. The van der Waals surface area contributed by atoms with Crippen molar-refractivity contribution in [2.24, 2.45) is 0 Å². The van der Waals surface area contributed by atoms with Gasteiger partial charge in [-0.2, -0.15) is 0 Å². The molecule has 0 amide bonds. The van der Waals surface area contributed by atoms with Crippen LogP contribution in [0.15, 0.2) is 36.4 Å². The van der Waals surface area contributed by atoms with Crippen LogP contribution in [-0.2, 0) is 18.0 Å². The minimum absolute atomic E-state index is 0.291. The Kier molecular flexibility index (Phi) is 4.04. The summed E-state index contributed by atoms with van der Waals surface area (Å²) >= 11 is 6.67. The summed E-state index contributed by atoms with van der Waals surface area (Å²) < 4.78 is 16.1. The average molecular weight is 305 g/mol. The zero-order valence-electron chi connectivity index (χ0n) is 12.1. The lowest BCUT2D eigenvalue weighted by Gasteiger charge is -2.16. The highest BCUT2D eigenvalue weighted by molar-refractivity contribution is 6.22. The number of halogens is 1. The van der Waals surface area contributed by atoms with Crippen LogP contribution in [0.1, 0.15) is 27.6 Å². The number of alkyl halides is 1. The summed E-state index contributed by atoms with van der Waals surface area (Å²) in [4.78, 5) is 0. The second-order valence-corrected chi connectivity index (χ2v) is 5.43. The number of hydrogen-bond donors (Lipinski definition) is 0. The molecule has 2 aromatic carbocycles. The van der Waals surface area contributed by atoms with Crippen molar-refractivity contribution in [2.45, 2.75) is 18.6 Å². The molecule has 0 spiro atoms. The molecule has 0 aliphatic carbocycles. The van der Waals surface area contributed by atoms with Crippen molar-refractivity contribution in [3.8, 4) is 11.5 Å². The van der Waals surface area contributed by atoms with E-state index in [-0.39, 0.29) is 5.38 Å². The molecule has 1 heterocycles. The standard InChI is InChI=1S/C17H17ClO3/c1-19-14-5-6-16(20-2)15(8-14)17(18)11-3-4-12-9-21-10-13(12)7-11/h3-8,17H,9-10H2,1-2H3. The first-order valence-corrected chi connectivity index (χ1v) is 7.22. The summed E-state index contributed by atoms with van der Waals surface area (Å²) in [5.41, 5.74) is 4.38. The number of methoxy groups -OCH3 is 2. The maximum atomic E-state index is 6.67. The molecule has 3 nitrogen and oxygen atoms in total. The van der Waals surface area contributed by atoms with Gasteiger partial charge in [0, 0.05) is 5.56 Å². The SMILES string of the molecule is COc1ccc(OC)c(C(Cl)c2ccc3c(c2)COC3)c1. The lowest BCUT2D eigenvalue weighted by molar-refractivity contribution is 0.134. The largest absolute Gasteiger partial charge is 0.497 e. The van der Waals surface area contributed by atoms with Crippen molar-refractivity contribution >= 4 is 11.6 Å². The van der Waals surface area contributed by atoms with Crippen LogP contribution in [0.2, 0.25) is 0 Å². The van der Waals surface area contributed by atoms with Gasteiger partial charge < -0.3 is 14.2 Å². The van der Waals surface area contributed by atoms with E-state index in [2.05, 4.69) is 12.1 Å². The van der Waals surface area contributed by atoms with E-state index in [0.29, 0.717) is 13.2 Å². The summed E-state index contributed by atoms with van der Waals surface area (Å²) in [7, 11) is 3.28. The second-order valence-electron chi connectivity index (χ2n) is 4.99. The van der Waals surface area contributed by atoms with Gasteiger partial charge in [-0.3, -0.25) is 0 Å². The van der Waals surface area contributed by atoms with Crippen LogP contribution in [0.5, 0.6) is 11.5 Å². The van der Waals surface area contributed by atoms with Crippen LogP contribution in [0.4, 0.5) is 0 Å². The van der Waals surface area contributed by atoms with Gasteiger partial charge in [0.2, 0.25) is 0 Å². The van der Waals surface area contributed by atoms with Gasteiger partial charge in [-0.15, -0.1) is 11.6 Å². The molecule has 0 saturated carbocycles. The Balaban J connectivity index is 1.99. The van der Waals surface area contributed by atoms with Crippen molar-refractivity contribution in [3.63, 3.8) is 0 Å². The van der Waals surface area contributed by atoms with Crippen molar-refractivity contribution in [1.82, 2.24) is 0 Å². The van der Waals surface area contributed by atoms with Gasteiger partial charge in [-0.25, -0.2) is 0 Å². The average Bonchev–Trinajstić information content (AvgIpc) is 3.01. The fourth-order valence-electron chi connectivity index (χ4n) is 2.57. The lowest BCUT2D eigenvalue weighted by atomic mass is 9.99. The Morgan fingerprint density at radius 1 is 1.00 bits per heavy atom. The Morgan fingerprint density at radius 3 is 2.57 bits per heavy atom. The fourth-order valence-corrected chi connectivity index (χ4v) is 2.87. The van der Waals surface area contributed by atoms with E-state index >= 15 is 0 Å². The molecule has 0 aromatic heterocycles. The van der Waals surface area contributed by atoms with Crippen LogP contribution in [0, 0.1) is 0 Å². The number of ether oxygens (including phenoxy) is 3. The molecule has 110 valence electrons. The van der Waals surface area contributed by atoms with E-state index in [0.717, 1.165) is 22.6 Å². The van der Waals surface area contributed by atoms with Crippen LogP contribution >= 0.6 is 11.6 Å². The molecule has 0 saturated heterocycles. The van der Waals surface area contributed by atoms with E-state index in [1.165, 1.54) is 11.1 Å². The highest BCUT2D eigenvalue weighted by atomic mass is 35.5. The Bertz CT molecular complexity index is 654. The molecule has 4 heteroatoms. The monoisotopic (exact) mass is 304 g/mol. The molecule has 2 aromatic rings. The van der Waals surface area contributed by atoms with Gasteiger partial charge in [0.15, 0.2) is 0 Å². The highest BCUT2D eigenvalue weighted by Crippen LogP contribution is 2.38. The zero-order chi connectivity index (χ0) is 14.8. The summed E-state index contributed by atoms with van der Waals surface area (Å²) in [6, 6.07) is 11.9. The van der Waals surface area contributed by atoms with Gasteiger partial charge >= 0.3 is 0 Å². The number of fused-ring (bicyclic) bond motifs is 1. The third-order valence-electron chi connectivity index (χ3n) is 3.75. The maximum absolute atomic E-state index is 6.67. The number of rotatable bonds is 4. The number of hydrogen-bond acceptors (Lipinski definition) is 3. The molecule has 0 fully saturated rings. The first kappa shape index (κ1) is 14.2. The van der Waals surface area contributed by atoms with Gasteiger partial charge in [0.05, 0.1) is 32.8 Å². The van der Waals surface area contributed by atoms with E-state index in [4.69, 9.17) is 25.8 Å². The molecular formula is C17H17ClO3. The van der Waals surface area contributed by atoms with Crippen molar-refractivity contribution in [1.29, 1.82) is 0 Å². The minimum atomic E-state index is -0.291. The summed E-state index contributed by atoms with van der Waals surface area (Å²) in [6.45, 7) is 1.34. The van der Waals surface area contributed by atoms with E-state index < -0.39 is 0 Å². The Hall–Kier alpha value is -1.71. The van der Waals surface area contributed by atoms with Crippen LogP contribution in [0.25, 0.3) is 0 Å². The topological polar surface area (TPSA) is 27.7 Å². The molecule has 21 heavy (non-hydrogen) atoms. The first-order valence-electron chi connectivity index (χ1n) is 6.78. The Morgan fingerprint density at radius 2 is 1.81 bits per heavy atom. The van der Waals surface area contributed by atoms with E-state index in [1.807, 2.05) is 24.3 Å². The fraction of sp³-hybridized carbons (Fsp3) is 0.294. The molecule has 0 N–H and O–H groups in total. The van der Waals surface area contributed by atoms with Crippen molar-refractivity contribution < 1.29 is 14.2 Å². The molecule has 1 unspecified atom stereocenters. The van der Waals surface area contributed by atoms with Crippen LogP contribution < -0.4 is 9.47 Å². The normalized spacial score (nSPS) is 14.6. The second kappa shape index (κ2) is 5.96. The molecule has 1 aliphatic heterocycles.